The van der Waals surface area contributed by atoms with Gasteiger partial charge in [0.05, 0.1) is 6.04 Å². The lowest BCUT2D eigenvalue weighted by Gasteiger charge is -2.29. The van der Waals surface area contributed by atoms with E-state index in [1.165, 1.54) is 22.3 Å². The van der Waals surface area contributed by atoms with Crippen molar-refractivity contribution in [3.05, 3.63) is 81.8 Å². The van der Waals surface area contributed by atoms with Crippen LogP contribution in [0, 0.1) is 0 Å². The van der Waals surface area contributed by atoms with Crippen molar-refractivity contribution in [2.75, 3.05) is 6.54 Å². The van der Waals surface area contributed by atoms with Crippen LogP contribution in [0.15, 0.2) is 59.6 Å². The summed E-state index contributed by atoms with van der Waals surface area (Å²) >= 11 is 3.42. The minimum absolute atomic E-state index is 0.260. The SMILES string of the molecule is C=C(Br)CNC1c2ccccc2Cc2ccccc21. The maximum atomic E-state index is 3.91. The number of hydrogen-bond acceptors (Lipinski definition) is 1. The van der Waals surface area contributed by atoms with E-state index in [1.54, 1.807) is 0 Å². The second-order valence-corrected chi connectivity index (χ2v) is 6.03. The second kappa shape index (κ2) is 5.32. The van der Waals surface area contributed by atoms with E-state index in [2.05, 4.69) is 76.4 Å². The molecule has 0 radical (unpaired) electrons. The predicted octanol–water partition coefficient (Wildman–Crippen LogP) is 4.18. The lowest BCUT2D eigenvalue weighted by atomic mass is 9.82. The molecule has 0 aliphatic heterocycles. The van der Waals surface area contributed by atoms with Crippen LogP contribution in [0.5, 0.6) is 0 Å². The fourth-order valence-electron chi connectivity index (χ4n) is 2.76. The summed E-state index contributed by atoms with van der Waals surface area (Å²) < 4.78 is 0.980. The Morgan fingerprint density at radius 3 is 2.11 bits per heavy atom. The molecule has 0 saturated carbocycles. The number of fused-ring (bicyclic) bond motifs is 2. The zero-order valence-electron chi connectivity index (χ0n) is 10.7. The van der Waals surface area contributed by atoms with Crippen LogP contribution in [0.2, 0.25) is 0 Å². The van der Waals surface area contributed by atoms with E-state index in [1.807, 2.05) is 0 Å². The van der Waals surface area contributed by atoms with Crippen molar-refractivity contribution >= 4 is 15.9 Å². The zero-order valence-corrected chi connectivity index (χ0v) is 12.3. The highest BCUT2D eigenvalue weighted by atomic mass is 79.9. The first-order valence-electron chi connectivity index (χ1n) is 6.48. The first-order chi connectivity index (χ1) is 9.25. The van der Waals surface area contributed by atoms with Crippen molar-refractivity contribution in [1.82, 2.24) is 5.32 Å². The lowest BCUT2D eigenvalue weighted by Crippen LogP contribution is -2.28. The number of hydrogen-bond donors (Lipinski definition) is 1. The summed E-state index contributed by atoms with van der Waals surface area (Å²) in [7, 11) is 0. The molecule has 3 rings (SSSR count). The van der Waals surface area contributed by atoms with Crippen LogP contribution in [-0.2, 0) is 6.42 Å². The van der Waals surface area contributed by atoms with Gasteiger partial charge in [-0.05, 0) is 28.7 Å². The third kappa shape index (κ3) is 2.51. The average Bonchev–Trinajstić information content (AvgIpc) is 2.43. The fourth-order valence-corrected chi connectivity index (χ4v) is 2.92. The third-order valence-corrected chi connectivity index (χ3v) is 3.89. The molecule has 0 heterocycles. The molecule has 1 N–H and O–H groups in total. The molecule has 2 aromatic carbocycles. The highest BCUT2D eigenvalue weighted by molar-refractivity contribution is 9.11. The van der Waals surface area contributed by atoms with Crippen LogP contribution in [-0.4, -0.2) is 6.54 Å². The minimum Gasteiger partial charge on any atom is -0.302 e. The van der Waals surface area contributed by atoms with Gasteiger partial charge in [0, 0.05) is 11.0 Å². The van der Waals surface area contributed by atoms with Crippen molar-refractivity contribution in [2.24, 2.45) is 0 Å². The normalized spacial score (nSPS) is 13.7. The molecular formula is C17H16BrN. The van der Waals surface area contributed by atoms with Gasteiger partial charge < -0.3 is 5.32 Å². The molecule has 0 spiro atoms. The van der Waals surface area contributed by atoms with Crippen molar-refractivity contribution in [1.29, 1.82) is 0 Å². The molecule has 1 nitrogen and oxygen atoms in total. The Morgan fingerprint density at radius 1 is 1.05 bits per heavy atom. The maximum absolute atomic E-state index is 3.91. The Bertz CT molecular complexity index is 573. The number of rotatable bonds is 3. The molecular weight excluding hydrogens is 298 g/mol. The highest BCUT2D eigenvalue weighted by Gasteiger charge is 2.24. The smallest absolute Gasteiger partial charge is 0.0585 e. The number of nitrogens with one attached hydrogen (secondary N) is 1. The molecule has 96 valence electrons. The van der Waals surface area contributed by atoms with Crippen molar-refractivity contribution in [3.8, 4) is 0 Å². The van der Waals surface area contributed by atoms with Crippen LogP contribution in [0.25, 0.3) is 0 Å². The van der Waals surface area contributed by atoms with Gasteiger partial charge >= 0.3 is 0 Å². The summed E-state index contributed by atoms with van der Waals surface area (Å²) in [6.45, 7) is 4.68. The first kappa shape index (κ1) is 12.6. The summed E-state index contributed by atoms with van der Waals surface area (Å²) in [6, 6.07) is 17.6. The van der Waals surface area contributed by atoms with E-state index in [9.17, 15) is 0 Å². The van der Waals surface area contributed by atoms with Crippen LogP contribution in [0.4, 0.5) is 0 Å². The monoisotopic (exact) mass is 313 g/mol. The Balaban J connectivity index is 2.03. The number of benzene rings is 2. The molecule has 0 amide bonds. The summed E-state index contributed by atoms with van der Waals surface area (Å²) in [5.41, 5.74) is 5.60. The topological polar surface area (TPSA) is 12.0 Å². The van der Waals surface area contributed by atoms with Gasteiger partial charge in [-0.1, -0.05) is 71.0 Å². The Hall–Kier alpha value is -1.38. The minimum atomic E-state index is 0.260. The van der Waals surface area contributed by atoms with Crippen LogP contribution >= 0.6 is 15.9 Å². The molecule has 0 saturated heterocycles. The quantitative estimate of drug-likeness (QED) is 0.896. The summed E-state index contributed by atoms with van der Waals surface area (Å²) in [6.07, 6.45) is 1.03. The summed E-state index contributed by atoms with van der Waals surface area (Å²) in [4.78, 5) is 0. The van der Waals surface area contributed by atoms with Gasteiger partial charge in [-0.15, -0.1) is 0 Å². The molecule has 0 atom stereocenters. The number of halogens is 1. The highest BCUT2D eigenvalue weighted by Crippen LogP contribution is 2.34. The molecule has 2 aromatic rings. The Kier molecular flexibility index (Phi) is 3.54. The van der Waals surface area contributed by atoms with Crippen LogP contribution in [0.1, 0.15) is 28.3 Å². The van der Waals surface area contributed by atoms with E-state index in [4.69, 9.17) is 0 Å². The standard InChI is InChI=1S/C17H16BrN/c1-12(18)11-19-17-15-8-4-2-6-13(15)10-14-7-3-5-9-16(14)17/h2-9,17,19H,1,10-11H2. The van der Waals surface area contributed by atoms with Gasteiger partial charge in [-0.2, -0.15) is 0 Å². The second-order valence-electron chi connectivity index (χ2n) is 4.91. The van der Waals surface area contributed by atoms with Crippen molar-refractivity contribution < 1.29 is 0 Å². The predicted molar refractivity (Wildman–Crippen MR) is 83.6 cm³/mol. The van der Waals surface area contributed by atoms with Gasteiger partial charge in [0.2, 0.25) is 0 Å². The van der Waals surface area contributed by atoms with Gasteiger partial charge in [-0.25, -0.2) is 0 Å². The van der Waals surface area contributed by atoms with E-state index < -0.39 is 0 Å². The van der Waals surface area contributed by atoms with E-state index >= 15 is 0 Å². The van der Waals surface area contributed by atoms with Gasteiger partial charge in [0.15, 0.2) is 0 Å². The van der Waals surface area contributed by atoms with Crippen LogP contribution in [0.3, 0.4) is 0 Å². The van der Waals surface area contributed by atoms with Gasteiger partial charge in [0.25, 0.3) is 0 Å². The van der Waals surface area contributed by atoms with Gasteiger partial charge in [0.1, 0.15) is 0 Å². The third-order valence-electron chi connectivity index (χ3n) is 3.61. The average molecular weight is 314 g/mol. The zero-order chi connectivity index (χ0) is 13.2. The molecule has 0 unspecified atom stereocenters. The van der Waals surface area contributed by atoms with E-state index in [-0.39, 0.29) is 6.04 Å². The Labute approximate surface area is 122 Å². The maximum Gasteiger partial charge on any atom is 0.0585 e. The van der Waals surface area contributed by atoms with E-state index in [0.29, 0.717) is 0 Å². The lowest BCUT2D eigenvalue weighted by molar-refractivity contribution is 0.629. The van der Waals surface area contributed by atoms with Crippen LogP contribution < -0.4 is 5.32 Å². The van der Waals surface area contributed by atoms with Gasteiger partial charge in [-0.3, -0.25) is 0 Å². The molecule has 0 aromatic heterocycles. The molecule has 1 aliphatic carbocycles. The fraction of sp³-hybridized carbons (Fsp3) is 0.176. The molecule has 0 fully saturated rings. The molecule has 19 heavy (non-hydrogen) atoms. The summed E-state index contributed by atoms with van der Waals surface area (Å²) in [5.74, 6) is 0. The Morgan fingerprint density at radius 2 is 1.58 bits per heavy atom. The molecule has 2 heteroatoms. The largest absolute Gasteiger partial charge is 0.302 e. The van der Waals surface area contributed by atoms with Crippen molar-refractivity contribution in [2.45, 2.75) is 12.5 Å². The first-order valence-corrected chi connectivity index (χ1v) is 7.27. The molecule has 1 aliphatic rings. The van der Waals surface area contributed by atoms with E-state index in [0.717, 1.165) is 17.4 Å². The summed E-state index contributed by atoms with van der Waals surface area (Å²) in [5, 5.41) is 3.59. The molecule has 0 bridgehead atoms. The van der Waals surface area contributed by atoms with Crippen molar-refractivity contribution in [3.63, 3.8) is 0 Å².